The van der Waals surface area contributed by atoms with Crippen molar-refractivity contribution in [2.24, 2.45) is 10.4 Å². The number of aromatic nitrogens is 1. The van der Waals surface area contributed by atoms with Gasteiger partial charge in [-0.25, -0.2) is 18.1 Å². The molecule has 4 heterocycles. The van der Waals surface area contributed by atoms with E-state index in [4.69, 9.17) is 16.3 Å². The van der Waals surface area contributed by atoms with E-state index in [1.165, 1.54) is 28.8 Å². The van der Waals surface area contributed by atoms with E-state index in [9.17, 15) is 23.3 Å². The summed E-state index contributed by atoms with van der Waals surface area (Å²) in [4.78, 5) is 41.2. The second-order valence-electron chi connectivity index (χ2n) is 18.3. The number of halogens is 1. The highest BCUT2D eigenvalue weighted by atomic mass is 35.5. The molecule has 1 amide bonds. The number of hydrogen-bond acceptors (Lipinski definition) is 13. The van der Waals surface area contributed by atoms with Gasteiger partial charge in [-0.1, -0.05) is 49.2 Å². The SMILES string of the molecule is CC1(C)CCC(CN2CCN(c3ccc(C(=O)NS(=O)(=O)c4ccc(NC5CCN(Cc6cscn6)CC5)c([N+](=O)[O-])c4)c(Oc4ccc5c(c4)=CCN=5)c3)CC2)=C(c2ccc(Cl)cc2)C1. The van der Waals surface area contributed by atoms with Crippen molar-refractivity contribution in [3.63, 3.8) is 0 Å². The third-order valence-corrected chi connectivity index (χ3v) is 15.3. The number of benzene rings is 4. The summed E-state index contributed by atoms with van der Waals surface area (Å²) in [5.74, 6) is -0.299. The zero-order valence-electron chi connectivity index (χ0n) is 37.0. The number of rotatable bonds is 14. The molecule has 1 aromatic heterocycles. The normalized spacial score (nSPS) is 18.0. The number of carbonyl (C=O) groups is 1. The number of amides is 1. The van der Waals surface area contributed by atoms with Crippen LogP contribution in [0.25, 0.3) is 11.6 Å². The number of nitrogens with zero attached hydrogens (tertiary/aromatic N) is 6. The molecule has 1 aliphatic carbocycles. The highest BCUT2D eigenvalue weighted by Crippen LogP contribution is 2.43. The lowest BCUT2D eigenvalue weighted by Gasteiger charge is -2.39. The number of ether oxygens (including phenoxy) is 1. The number of thiazole rings is 1. The Morgan fingerprint density at radius 3 is 2.47 bits per heavy atom. The highest BCUT2D eigenvalue weighted by molar-refractivity contribution is 7.90. The van der Waals surface area contributed by atoms with E-state index in [1.54, 1.807) is 35.6 Å². The standard InChI is InChI=1S/C49H53ClN8O6S2/c1-49(2)17-13-35(43(28-49)33-3-5-36(50)6-4-33)29-56-21-23-57(24-22-56)39-7-10-42(47(26-39)64-40-8-11-44-34(25-40)14-18-51-44)48(59)54-66(62,63)41-9-12-45(46(27-41)58(60)61)53-37-15-19-55(20-16-37)30-38-31-65-32-52-38/h3-12,14,25-27,31-32,37,53H,13,15-24,28-30H2,1-2H3,(H,54,59). The molecular formula is C49H53ClN8O6S2. The predicted octanol–water partition coefficient (Wildman–Crippen LogP) is 7.89. The fraction of sp³-hybridized carbons (Fsp3) is 0.367. The van der Waals surface area contributed by atoms with Gasteiger partial charge in [-0.05, 0) is 103 Å². The number of likely N-dealkylation sites (tertiary alicyclic amines) is 1. The maximum Gasteiger partial charge on any atom is 0.293 e. The first-order valence-corrected chi connectivity index (χ1v) is 25.2. The van der Waals surface area contributed by atoms with E-state index in [0.29, 0.717) is 12.3 Å². The minimum absolute atomic E-state index is 0.00840. The second kappa shape index (κ2) is 19.3. The molecule has 5 aromatic rings. The minimum Gasteiger partial charge on any atom is -0.456 e. The van der Waals surface area contributed by atoms with Crippen molar-refractivity contribution in [3.05, 3.63) is 138 Å². The minimum atomic E-state index is -4.56. The third-order valence-electron chi connectivity index (χ3n) is 13.1. The van der Waals surface area contributed by atoms with Gasteiger partial charge in [-0.15, -0.1) is 11.3 Å². The highest BCUT2D eigenvalue weighted by Gasteiger charge is 2.31. The van der Waals surface area contributed by atoms with E-state index in [-0.39, 0.29) is 28.5 Å². The van der Waals surface area contributed by atoms with Crippen LogP contribution in [0, 0.1) is 15.5 Å². The molecule has 0 radical (unpaired) electrons. The topological polar surface area (TPSA) is 163 Å². The number of piperazine rings is 1. The van der Waals surface area contributed by atoms with E-state index < -0.39 is 31.4 Å². The van der Waals surface area contributed by atoms with Crippen molar-refractivity contribution in [2.75, 3.05) is 62.6 Å². The molecule has 0 saturated carbocycles. The van der Waals surface area contributed by atoms with Gasteiger partial charge in [0.15, 0.2) is 0 Å². The van der Waals surface area contributed by atoms with Gasteiger partial charge in [0.1, 0.15) is 17.2 Å². The Kier molecular flexibility index (Phi) is 13.3. The Labute approximate surface area is 393 Å². The van der Waals surface area contributed by atoms with Crippen molar-refractivity contribution in [2.45, 2.75) is 63.4 Å². The van der Waals surface area contributed by atoms with Crippen LogP contribution in [0.15, 0.2) is 105 Å². The quantitative estimate of drug-likeness (QED) is 0.0823. The first-order chi connectivity index (χ1) is 31.7. The number of allylic oxidation sites excluding steroid dienone is 1. The Morgan fingerprint density at radius 2 is 1.73 bits per heavy atom. The van der Waals surface area contributed by atoms with E-state index >= 15 is 0 Å². The average Bonchev–Trinajstić information content (AvgIpc) is 4.00. The lowest BCUT2D eigenvalue weighted by molar-refractivity contribution is -0.384. The molecule has 0 spiro atoms. The van der Waals surface area contributed by atoms with Gasteiger partial charge < -0.3 is 15.0 Å². The molecule has 14 nitrogen and oxygen atoms in total. The number of hydrogen-bond donors (Lipinski definition) is 2. The van der Waals surface area contributed by atoms with Gasteiger partial charge in [-0.3, -0.25) is 29.7 Å². The van der Waals surface area contributed by atoms with Crippen LogP contribution in [0.3, 0.4) is 0 Å². The van der Waals surface area contributed by atoms with Crippen LogP contribution in [-0.4, -0.2) is 92.4 Å². The molecular weight excluding hydrogens is 896 g/mol. The zero-order chi connectivity index (χ0) is 46.0. The number of anilines is 2. The summed E-state index contributed by atoms with van der Waals surface area (Å²) >= 11 is 7.81. The monoisotopic (exact) mass is 948 g/mol. The van der Waals surface area contributed by atoms with Crippen molar-refractivity contribution < 1.29 is 22.9 Å². The smallest absolute Gasteiger partial charge is 0.293 e. The third kappa shape index (κ3) is 10.6. The van der Waals surface area contributed by atoms with Crippen LogP contribution in [0.4, 0.5) is 17.1 Å². The molecule has 0 unspecified atom stereocenters. The van der Waals surface area contributed by atoms with Crippen molar-refractivity contribution in [1.29, 1.82) is 0 Å². The van der Waals surface area contributed by atoms with E-state index in [1.807, 2.05) is 41.2 Å². The van der Waals surface area contributed by atoms with Crippen LogP contribution in [-0.2, 0) is 16.6 Å². The van der Waals surface area contributed by atoms with Crippen molar-refractivity contribution in [3.8, 4) is 11.5 Å². The van der Waals surface area contributed by atoms with Gasteiger partial charge >= 0.3 is 0 Å². The summed E-state index contributed by atoms with van der Waals surface area (Å²) in [6, 6.07) is 22.4. The predicted molar refractivity (Wildman–Crippen MR) is 260 cm³/mol. The zero-order valence-corrected chi connectivity index (χ0v) is 39.4. The van der Waals surface area contributed by atoms with Crippen molar-refractivity contribution in [1.82, 2.24) is 19.5 Å². The molecule has 2 N–H and O–H groups in total. The van der Waals surface area contributed by atoms with Crippen molar-refractivity contribution >= 4 is 67.6 Å². The number of carbonyl (C=O) groups excluding carboxylic acids is 1. The van der Waals surface area contributed by atoms with Crippen LogP contribution in [0.5, 0.6) is 11.5 Å². The van der Waals surface area contributed by atoms with Gasteiger partial charge in [0, 0.05) is 91.8 Å². The molecule has 9 rings (SSSR count). The first-order valence-electron chi connectivity index (χ1n) is 22.4. The Bertz CT molecular complexity index is 2890. The molecule has 4 aliphatic rings. The second-order valence-corrected chi connectivity index (χ2v) is 21.1. The summed E-state index contributed by atoms with van der Waals surface area (Å²) in [7, 11) is -4.56. The molecule has 2 saturated heterocycles. The Hall–Kier alpha value is -5.65. The molecule has 0 atom stereocenters. The summed E-state index contributed by atoms with van der Waals surface area (Å²) < 4.78 is 36.2. The number of nitro benzene ring substituents is 1. The van der Waals surface area contributed by atoms with Crippen LogP contribution < -0.4 is 30.3 Å². The maximum absolute atomic E-state index is 14.0. The molecule has 0 bridgehead atoms. The van der Waals surface area contributed by atoms with Gasteiger partial charge in [0.25, 0.3) is 21.6 Å². The molecule has 2 fully saturated rings. The fourth-order valence-electron chi connectivity index (χ4n) is 9.34. The number of piperidine rings is 1. The van der Waals surface area contributed by atoms with E-state index in [2.05, 4.69) is 60.7 Å². The number of nitro groups is 1. The Balaban J connectivity index is 0.905. The summed E-state index contributed by atoms with van der Waals surface area (Å²) in [6.07, 6.45) is 6.69. The Morgan fingerprint density at radius 1 is 0.955 bits per heavy atom. The number of sulfonamides is 1. The summed E-state index contributed by atoms with van der Waals surface area (Å²) in [5.41, 5.74) is 7.82. The summed E-state index contributed by atoms with van der Waals surface area (Å²) in [6.45, 7) is 11.6. The first kappa shape index (κ1) is 45.5. The average molecular weight is 950 g/mol. The lowest BCUT2D eigenvalue weighted by atomic mass is 9.72. The molecule has 344 valence electrons. The number of nitrogens with one attached hydrogen (secondary N) is 2. The van der Waals surface area contributed by atoms with Crippen LogP contribution in [0.2, 0.25) is 5.02 Å². The van der Waals surface area contributed by atoms with Gasteiger partial charge in [0.05, 0.1) is 38.5 Å². The maximum atomic E-state index is 14.0. The van der Waals surface area contributed by atoms with Gasteiger partial charge in [-0.2, -0.15) is 0 Å². The van der Waals surface area contributed by atoms with Gasteiger partial charge in [0.2, 0.25) is 0 Å². The molecule has 4 aromatic carbocycles. The summed E-state index contributed by atoms with van der Waals surface area (Å²) in [5, 5.41) is 20.1. The molecule has 17 heteroatoms. The lowest BCUT2D eigenvalue weighted by Crippen LogP contribution is -2.47. The number of fused-ring (bicyclic) bond motifs is 1. The molecule has 3 aliphatic heterocycles. The van der Waals surface area contributed by atoms with Crippen LogP contribution in [0.1, 0.15) is 67.6 Å². The molecule has 66 heavy (non-hydrogen) atoms. The fourth-order valence-corrected chi connectivity index (χ4v) is 11.0. The van der Waals surface area contributed by atoms with E-state index in [0.717, 1.165) is 118 Å². The largest absolute Gasteiger partial charge is 0.456 e. The van der Waals surface area contributed by atoms with Crippen LogP contribution >= 0.6 is 22.9 Å².